The van der Waals surface area contributed by atoms with Gasteiger partial charge in [-0.05, 0) is 41.8 Å². The van der Waals surface area contributed by atoms with Crippen LogP contribution >= 0.6 is 0 Å². The van der Waals surface area contributed by atoms with Crippen molar-refractivity contribution in [3.8, 4) is 17.2 Å². The van der Waals surface area contributed by atoms with Gasteiger partial charge in [0.05, 0.1) is 5.56 Å². The smallest absolute Gasteiger partial charge is 0.343 e. The highest BCUT2D eigenvalue weighted by Crippen LogP contribution is 2.26. The second kappa shape index (κ2) is 5.65. The number of esters is 1. The lowest BCUT2D eigenvalue weighted by molar-refractivity contribution is 0.0734. The third kappa shape index (κ3) is 3.09. The Kier molecular flexibility index (Phi) is 3.94. The van der Waals surface area contributed by atoms with Gasteiger partial charge in [0.15, 0.2) is 11.5 Å². The van der Waals surface area contributed by atoms with Crippen LogP contribution in [0.4, 0.5) is 0 Å². The van der Waals surface area contributed by atoms with Gasteiger partial charge in [0.2, 0.25) is 0 Å². The average Bonchev–Trinajstić information content (AvgIpc) is 2.42. The number of carbonyl (C=O) groups is 1. The van der Waals surface area contributed by atoms with E-state index < -0.39 is 5.97 Å². The second-order valence-electron chi connectivity index (χ2n) is 4.82. The Labute approximate surface area is 117 Å². The van der Waals surface area contributed by atoms with E-state index in [4.69, 9.17) is 4.74 Å². The maximum Gasteiger partial charge on any atom is 0.343 e. The maximum absolute atomic E-state index is 11.9. The predicted molar refractivity (Wildman–Crippen MR) is 75.3 cm³/mol. The van der Waals surface area contributed by atoms with Crippen LogP contribution in [-0.4, -0.2) is 16.2 Å². The summed E-state index contributed by atoms with van der Waals surface area (Å²) in [5, 5.41) is 18.6. The molecule has 4 nitrogen and oxygen atoms in total. The van der Waals surface area contributed by atoms with Crippen LogP contribution in [0, 0.1) is 0 Å². The van der Waals surface area contributed by atoms with Crippen molar-refractivity contribution in [2.45, 2.75) is 19.8 Å². The Hall–Kier alpha value is -2.49. The minimum absolute atomic E-state index is 0.174. The van der Waals surface area contributed by atoms with Crippen molar-refractivity contribution in [2.24, 2.45) is 0 Å². The van der Waals surface area contributed by atoms with Gasteiger partial charge in [-0.1, -0.05) is 26.0 Å². The van der Waals surface area contributed by atoms with E-state index in [1.807, 2.05) is 12.1 Å². The molecule has 0 heterocycles. The first-order valence-corrected chi connectivity index (χ1v) is 6.31. The van der Waals surface area contributed by atoms with Gasteiger partial charge in [0, 0.05) is 0 Å². The molecular weight excluding hydrogens is 256 g/mol. The van der Waals surface area contributed by atoms with Crippen LogP contribution in [0.2, 0.25) is 0 Å². The first kappa shape index (κ1) is 13.9. The molecule has 0 saturated heterocycles. The summed E-state index contributed by atoms with van der Waals surface area (Å²) in [6.45, 7) is 4.17. The lowest BCUT2D eigenvalue weighted by atomic mass is 10.0. The number of carbonyl (C=O) groups excluding carboxylic acids is 1. The largest absolute Gasteiger partial charge is 0.504 e. The third-order valence-electron chi connectivity index (χ3n) is 2.97. The van der Waals surface area contributed by atoms with Gasteiger partial charge in [-0.25, -0.2) is 4.79 Å². The summed E-state index contributed by atoms with van der Waals surface area (Å²) in [5.41, 5.74) is 1.33. The molecule has 4 heteroatoms. The second-order valence-corrected chi connectivity index (χ2v) is 4.82. The number of hydrogen-bond donors (Lipinski definition) is 2. The average molecular weight is 272 g/mol. The quantitative estimate of drug-likeness (QED) is 0.510. The molecular formula is C16H16O4. The van der Waals surface area contributed by atoms with Crippen molar-refractivity contribution in [2.75, 3.05) is 0 Å². The summed E-state index contributed by atoms with van der Waals surface area (Å²) in [5.74, 6) is -0.365. The molecule has 104 valence electrons. The zero-order valence-electron chi connectivity index (χ0n) is 11.3. The number of ether oxygens (including phenoxy) is 1. The molecule has 0 aromatic heterocycles. The zero-order valence-corrected chi connectivity index (χ0v) is 11.3. The number of aromatic hydroxyl groups is 2. The molecule has 0 aliphatic carbocycles. The van der Waals surface area contributed by atoms with Crippen molar-refractivity contribution >= 4 is 5.97 Å². The molecule has 20 heavy (non-hydrogen) atoms. The molecule has 2 N–H and O–H groups in total. The van der Waals surface area contributed by atoms with Gasteiger partial charge in [0.1, 0.15) is 5.75 Å². The topological polar surface area (TPSA) is 66.8 Å². The fourth-order valence-corrected chi connectivity index (χ4v) is 1.74. The molecule has 0 atom stereocenters. The van der Waals surface area contributed by atoms with E-state index in [2.05, 4.69) is 13.8 Å². The van der Waals surface area contributed by atoms with E-state index in [1.54, 1.807) is 12.1 Å². The summed E-state index contributed by atoms with van der Waals surface area (Å²) in [6, 6.07) is 11.1. The lowest BCUT2D eigenvalue weighted by Crippen LogP contribution is -2.08. The van der Waals surface area contributed by atoms with E-state index in [0.717, 1.165) is 5.56 Å². The molecule has 2 aromatic carbocycles. The highest BCUT2D eigenvalue weighted by Gasteiger charge is 2.11. The molecule has 2 aromatic rings. The Morgan fingerprint density at radius 3 is 2.20 bits per heavy atom. The van der Waals surface area contributed by atoms with Crippen molar-refractivity contribution in [3.63, 3.8) is 0 Å². The van der Waals surface area contributed by atoms with Crippen molar-refractivity contribution < 1.29 is 19.7 Å². The predicted octanol–water partition coefficient (Wildman–Crippen LogP) is 3.44. The molecule has 0 unspecified atom stereocenters. The van der Waals surface area contributed by atoms with Crippen LogP contribution in [0.25, 0.3) is 0 Å². The summed E-state index contributed by atoms with van der Waals surface area (Å²) < 4.78 is 5.20. The third-order valence-corrected chi connectivity index (χ3v) is 2.97. The van der Waals surface area contributed by atoms with Crippen LogP contribution < -0.4 is 4.74 Å². The monoisotopic (exact) mass is 272 g/mol. The molecule has 2 rings (SSSR count). The highest BCUT2D eigenvalue weighted by atomic mass is 16.5. The van der Waals surface area contributed by atoms with E-state index in [0.29, 0.717) is 11.7 Å². The first-order valence-electron chi connectivity index (χ1n) is 6.31. The molecule has 0 fully saturated rings. The number of hydrogen-bond acceptors (Lipinski definition) is 4. The Bertz CT molecular complexity index is 615. The first-order chi connectivity index (χ1) is 9.47. The van der Waals surface area contributed by atoms with Gasteiger partial charge in [-0.3, -0.25) is 0 Å². The standard InChI is InChI=1S/C16H16O4/c1-10(2)11-3-6-13(7-4-11)20-16(19)12-5-8-14(17)15(18)9-12/h3-10,17-18H,1-2H3. The fraction of sp³-hybridized carbons (Fsp3) is 0.188. The minimum atomic E-state index is -0.586. The number of phenolic OH excluding ortho intramolecular Hbond substituents is 2. The normalized spacial score (nSPS) is 10.6. The number of phenols is 2. The van der Waals surface area contributed by atoms with Crippen LogP contribution in [0.15, 0.2) is 42.5 Å². The molecule has 0 spiro atoms. The Balaban J connectivity index is 2.12. The zero-order chi connectivity index (χ0) is 14.7. The Morgan fingerprint density at radius 2 is 1.65 bits per heavy atom. The van der Waals surface area contributed by atoms with Gasteiger partial charge in [-0.2, -0.15) is 0 Å². The Morgan fingerprint density at radius 1 is 1.00 bits per heavy atom. The highest BCUT2D eigenvalue weighted by molar-refractivity contribution is 5.91. The van der Waals surface area contributed by atoms with E-state index in [1.165, 1.54) is 18.2 Å². The maximum atomic E-state index is 11.9. The SMILES string of the molecule is CC(C)c1ccc(OC(=O)c2ccc(O)c(O)c2)cc1. The summed E-state index contributed by atoms with van der Waals surface area (Å²) in [7, 11) is 0. The molecule has 0 aliphatic rings. The lowest BCUT2D eigenvalue weighted by Gasteiger charge is -2.08. The number of rotatable bonds is 3. The van der Waals surface area contributed by atoms with E-state index >= 15 is 0 Å². The van der Waals surface area contributed by atoms with Crippen LogP contribution in [0.1, 0.15) is 35.7 Å². The summed E-state index contributed by atoms with van der Waals surface area (Å²) in [4.78, 5) is 11.9. The molecule has 0 radical (unpaired) electrons. The fourth-order valence-electron chi connectivity index (χ4n) is 1.74. The van der Waals surface area contributed by atoms with Crippen molar-refractivity contribution in [1.82, 2.24) is 0 Å². The van der Waals surface area contributed by atoms with Gasteiger partial charge in [-0.15, -0.1) is 0 Å². The van der Waals surface area contributed by atoms with Crippen LogP contribution in [0.3, 0.4) is 0 Å². The summed E-state index contributed by atoms with van der Waals surface area (Å²) >= 11 is 0. The molecule has 0 bridgehead atoms. The van der Waals surface area contributed by atoms with Gasteiger partial charge in [0.25, 0.3) is 0 Å². The van der Waals surface area contributed by atoms with Crippen LogP contribution in [-0.2, 0) is 0 Å². The van der Waals surface area contributed by atoms with Gasteiger partial charge < -0.3 is 14.9 Å². The minimum Gasteiger partial charge on any atom is -0.504 e. The summed E-state index contributed by atoms with van der Waals surface area (Å²) in [6.07, 6.45) is 0. The van der Waals surface area contributed by atoms with E-state index in [-0.39, 0.29) is 17.1 Å². The number of benzene rings is 2. The van der Waals surface area contributed by atoms with Crippen LogP contribution in [0.5, 0.6) is 17.2 Å². The van der Waals surface area contributed by atoms with Crippen molar-refractivity contribution in [3.05, 3.63) is 53.6 Å². The van der Waals surface area contributed by atoms with Gasteiger partial charge >= 0.3 is 5.97 Å². The molecule has 0 saturated carbocycles. The van der Waals surface area contributed by atoms with Crippen molar-refractivity contribution in [1.29, 1.82) is 0 Å². The molecule has 0 amide bonds. The molecule has 0 aliphatic heterocycles. The van der Waals surface area contributed by atoms with E-state index in [9.17, 15) is 15.0 Å².